The second-order valence-electron chi connectivity index (χ2n) is 7.34. The van der Waals surface area contributed by atoms with E-state index >= 15 is 0 Å². The minimum atomic E-state index is -0.372. The first kappa shape index (κ1) is 16.1. The number of carbonyl (C=O) groups is 3. The minimum absolute atomic E-state index is 0.0558. The molecule has 0 unspecified atom stereocenters. The van der Waals surface area contributed by atoms with Gasteiger partial charge in [-0.3, -0.25) is 19.3 Å². The van der Waals surface area contributed by atoms with E-state index in [2.05, 4.69) is 5.32 Å². The Morgan fingerprint density at radius 3 is 2.80 bits per heavy atom. The maximum absolute atomic E-state index is 12.4. The Balaban J connectivity index is 1.33. The maximum atomic E-state index is 12.4. The van der Waals surface area contributed by atoms with Gasteiger partial charge in [0.1, 0.15) is 6.54 Å². The Hall–Kier alpha value is -2.37. The van der Waals surface area contributed by atoms with Crippen molar-refractivity contribution in [2.75, 3.05) is 23.4 Å². The van der Waals surface area contributed by atoms with Gasteiger partial charge in [-0.25, -0.2) is 0 Å². The number of nitrogens with one attached hydrogen (secondary N) is 1. The first-order valence-corrected chi connectivity index (χ1v) is 8.95. The summed E-state index contributed by atoms with van der Waals surface area (Å²) in [7, 11) is 0. The van der Waals surface area contributed by atoms with Crippen LogP contribution in [-0.4, -0.2) is 30.9 Å². The van der Waals surface area contributed by atoms with E-state index in [4.69, 9.17) is 4.74 Å². The van der Waals surface area contributed by atoms with E-state index < -0.39 is 0 Å². The zero-order valence-electron chi connectivity index (χ0n) is 14.1. The lowest BCUT2D eigenvalue weighted by Gasteiger charge is -2.29. The number of anilines is 2. The molecule has 1 aliphatic heterocycles. The number of esters is 1. The van der Waals surface area contributed by atoms with Crippen LogP contribution >= 0.6 is 0 Å². The zero-order valence-corrected chi connectivity index (χ0v) is 14.1. The molecule has 0 spiro atoms. The Labute approximate surface area is 146 Å². The van der Waals surface area contributed by atoms with Crippen LogP contribution in [0.4, 0.5) is 11.4 Å². The summed E-state index contributed by atoms with van der Waals surface area (Å²) in [5.41, 5.74) is 1.23. The van der Waals surface area contributed by atoms with E-state index in [0.717, 1.165) is 12.3 Å². The van der Waals surface area contributed by atoms with Crippen LogP contribution in [0.25, 0.3) is 0 Å². The molecular weight excluding hydrogens is 320 g/mol. The second-order valence-corrected chi connectivity index (χ2v) is 7.34. The highest BCUT2D eigenvalue weighted by Gasteiger charge is 2.40. The fourth-order valence-electron chi connectivity index (χ4n) is 4.58. The first-order valence-electron chi connectivity index (χ1n) is 8.95. The lowest BCUT2D eigenvalue weighted by Crippen LogP contribution is -2.44. The lowest BCUT2D eigenvalue weighted by molar-refractivity contribution is -0.149. The fourth-order valence-corrected chi connectivity index (χ4v) is 4.58. The van der Waals surface area contributed by atoms with Gasteiger partial charge in [-0.05, 0) is 49.1 Å². The van der Waals surface area contributed by atoms with Crippen LogP contribution < -0.4 is 10.2 Å². The number of benzene rings is 1. The fraction of sp³-hybridized carbons (Fsp3) is 0.526. The third kappa shape index (κ3) is 3.25. The van der Waals surface area contributed by atoms with Crippen molar-refractivity contribution in [3.8, 4) is 0 Å². The van der Waals surface area contributed by atoms with Crippen LogP contribution in [0.3, 0.4) is 0 Å². The summed E-state index contributed by atoms with van der Waals surface area (Å²) in [5, 5.41) is 2.73. The number of amides is 2. The monoisotopic (exact) mass is 342 g/mol. The van der Waals surface area contributed by atoms with Crippen molar-refractivity contribution in [1.82, 2.24) is 0 Å². The summed E-state index contributed by atoms with van der Waals surface area (Å²) < 4.78 is 5.22. The molecule has 2 amide bonds. The molecule has 132 valence electrons. The third-order valence-corrected chi connectivity index (χ3v) is 5.74. The largest absolute Gasteiger partial charge is 0.456 e. The van der Waals surface area contributed by atoms with Gasteiger partial charge in [0.15, 0.2) is 6.61 Å². The van der Waals surface area contributed by atoms with Gasteiger partial charge in [-0.1, -0.05) is 18.6 Å². The number of fused-ring (bicyclic) bond motifs is 3. The van der Waals surface area contributed by atoms with Gasteiger partial charge in [0.2, 0.25) is 5.91 Å². The number of rotatable bonds is 4. The molecule has 1 aromatic rings. The van der Waals surface area contributed by atoms with Gasteiger partial charge < -0.3 is 10.1 Å². The summed E-state index contributed by atoms with van der Waals surface area (Å²) in [4.78, 5) is 37.7. The molecule has 2 aliphatic carbocycles. The molecule has 2 saturated carbocycles. The molecule has 2 bridgehead atoms. The molecule has 6 nitrogen and oxygen atoms in total. The quantitative estimate of drug-likeness (QED) is 0.852. The average Bonchev–Trinajstić information content (AvgIpc) is 3.21. The van der Waals surface area contributed by atoms with Crippen molar-refractivity contribution in [2.45, 2.75) is 32.1 Å². The molecule has 0 radical (unpaired) electrons. The molecule has 1 aromatic carbocycles. The van der Waals surface area contributed by atoms with Gasteiger partial charge in [0.25, 0.3) is 5.91 Å². The maximum Gasteiger partial charge on any atom is 0.306 e. The number of hydrogen-bond donors (Lipinski definition) is 1. The van der Waals surface area contributed by atoms with E-state index in [0.29, 0.717) is 29.6 Å². The summed E-state index contributed by atoms with van der Waals surface area (Å²) in [5.74, 6) is 0.936. The van der Waals surface area contributed by atoms with Gasteiger partial charge in [-0.15, -0.1) is 0 Å². The number of hydrogen-bond acceptors (Lipinski definition) is 4. The van der Waals surface area contributed by atoms with Gasteiger partial charge in [-0.2, -0.15) is 0 Å². The smallest absolute Gasteiger partial charge is 0.306 e. The van der Waals surface area contributed by atoms with Gasteiger partial charge in [0, 0.05) is 6.42 Å². The Morgan fingerprint density at radius 1 is 1.20 bits per heavy atom. The summed E-state index contributed by atoms with van der Waals surface area (Å²) >= 11 is 0. The molecule has 25 heavy (non-hydrogen) atoms. The van der Waals surface area contributed by atoms with Gasteiger partial charge >= 0.3 is 5.97 Å². The number of ether oxygens (including phenoxy) is 1. The second kappa shape index (κ2) is 6.50. The van der Waals surface area contributed by atoms with Crippen LogP contribution in [0.2, 0.25) is 0 Å². The van der Waals surface area contributed by atoms with Crippen LogP contribution in [0, 0.1) is 17.8 Å². The van der Waals surface area contributed by atoms with E-state index in [1.54, 1.807) is 24.3 Å². The molecular formula is C19H22N2O4. The summed E-state index contributed by atoms with van der Waals surface area (Å²) in [6.45, 7) is -0.374. The van der Waals surface area contributed by atoms with Crippen molar-refractivity contribution in [3.63, 3.8) is 0 Å². The van der Waals surface area contributed by atoms with Crippen molar-refractivity contribution < 1.29 is 19.1 Å². The molecule has 3 atom stereocenters. The normalized spacial score (nSPS) is 27.0. The molecule has 4 rings (SSSR count). The zero-order chi connectivity index (χ0) is 17.4. The van der Waals surface area contributed by atoms with Crippen LogP contribution in [0.1, 0.15) is 32.1 Å². The molecule has 1 heterocycles. The summed E-state index contributed by atoms with van der Waals surface area (Å²) in [6, 6.07) is 7.11. The van der Waals surface area contributed by atoms with E-state index in [-0.39, 0.29) is 30.9 Å². The highest BCUT2D eigenvalue weighted by molar-refractivity contribution is 6.10. The standard InChI is InChI=1S/C19H22N2O4/c22-17-10-21(16-4-2-1-3-15(16)20-17)18(23)11-25-19(24)9-14-8-12-5-6-13(14)7-12/h1-4,12-14H,5-11H2,(H,20,22)/t12-,13-,14+/m0/s1. The van der Waals surface area contributed by atoms with Crippen molar-refractivity contribution in [2.24, 2.45) is 17.8 Å². The molecule has 6 heteroatoms. The Bertz CT molecular complexity index is 717. The highest BCUT2D eigenvalue weighted by atomic mass is 16.5. The van der Waals surface area contributed by atoms with Crippen molar-refractivity contribution in [1.29, 1.82) is 0 Å². The highest BCUT2D eigenvalue weighted by Crippen LogP contribution is 2.49. The number of carbonyl (C=O) groups excluding carboxylic acids is 3. The van der Waals surface area contributed by atoms with E-state index in [9.17, 15) is 14.4 Å². The van der Waals surface area contributed by atoms with Gasteiger partial charge in [0.05, 0.1) is 11.4 Å². The SMILES string of the molecule is O=C1CN(C(=O)COC(=O)C[C@H]2C[C@H]3CC[C@H]2C3)c2ccccc2N1. The minimum Gasteiger partial charge on any atom is -0.456 e. The Kier molecular flexibility index (Phi) is 4.19. The predicted octanol–water partition coefficient (Wildman–Crippen LogP) is 2.34. The van der Waals surface area contributed by atoms with Crippen LogP contribution in [-0.2, 0) is 19.1 Å². The molecule has 1 N–H and O–H groups in total. The summed E-state index contributed by atoms with van der Waals surface area (Å²) in [6.07, 6.45) is 5.29. The van der Waals surface area contributed by atoms with Crippen LogP contribution in [0.15, 0.2) is 24.3 Å². The molecule has 3 aliphatic rings. The Morgan fingerprint density at radius 2 is 2.04 bits per heavy atom. The lowest BCUT2D eigenvalue weighted by atomic mass is 9.86. The van der Waals surface area contributed by atoms with Crippen LogP contribution in [0.5, 0.6) is 0 Å². The first-order chi connectivity index (χ1) is 12.1. The van der Waals surface area contributed by atoms with Crippen molar-refractivity contribution in [3.05, 3.63) is 24.3 Å². The molecule has 0 saturated heterocycles. The van der Waals surface area contributed by atoms with E-state index in [1.165, 1.54) is 24.2 Å². The van der Waals surface area contributed by atoms with E-state index in [1.807, 2.05) is 0 Å². The van der Waals surface area contributed by atoms with Crippen molar-refractivity contribution >= 4 is 29.2 Å². The third-order valence-electron chi connectivity index (χ3n) is 5.74. The molecule has 2 fully saturated rings. The number of para-hydroxylation sites is 2. The number of nitrogens with zero attached hydrogens (tertiary/aromatic N) is 1. The topological polar surface area (TPSA) is 75.7 Å². The predicted molar refractivity (Wildman–Crippen MR) is 91.9 cm³/mol. The molecule has 0 aromatic heterocycles. The average molecular weight is 342 g/mol.